The van der Waals surface area contributed by atoms with Crippen LogP contribution in [0.15, 0.2) is 24.3 Å². The van der Waals surface area contributed by atoms with Crippen molar-refractivity contribution in [2.24, 2.45) is 5.92 Å². The Kier molecular flexibility index (Phi) is 5.68. The molecule has 1 aliphatic rings. The fraction of sp³-hybridized carbons (Fsp3) is 0.562. The molecular formula is C16H22FNO2. The molecular weight excluding hydrogens is 257 g/mol. The maximum Gasteiger partial charge on any atom is 0.151 e. The first-order valence-electron chi connectivity index (χ1n) is 7.15. The van der Waals surface area contributed by atoms with Gasteiger partial charge >= 0.3 is 0 Å². The van der Waals surface area contributed by atoms with Gasteiger partial charge < -0.3 is 4.74 Å². The zero-order valence-corrected chi connectivity index (χ0v) is 12.0. The van der Waals surface area contributed by atoms with Gasteiger partial charge in [0.05, 0.1) is 6.54 Å². The summed E-state index contributed by atoms with van der Waals surface area (Å²) >= 11 is 0. The molecule has 4 heteroatoms. The van der Waals surface area contributed by atoms with Crippen molar-refractivity contribution in [3.05, 3.63) is 35.6 Å². The van der Waals surface area contributed by atoms with Crippen molar-refractivity contribution in [1.29, 1.82) is 0 Å². The van der Waals surface area contributed by atoms with Crippen LogP contribution in [0.1, 0.15) is 18.4 Å². The summed E-state index contributed by atoms with van der Waals surface area (Å²) in [5.74, 6) is 0.401. The molecule has 0 spiro atoms. The normalized spacial score (nSPS) is 17.3. The van der Waals surface area contributed by atoms with Gasteiger partial charge in [0, 0.05) is 20.1 Å². The number of hydrogen-bond donors (Lipinski definition) is 0. The fourth-order valence-corrected chi connectivity index (χ4v) is 2.71. The number of methoxy groups -OCH3 is 1. The first-order valence-corrected chi connectivity index (χ1v) is 7.15. The second kappa shape index (κ2) is 7.50. The molecule has 2 rings (SSSR count). The smallest absolute Gasteiger partial charge is 0.151 e. The van der Waals surface area contributed by atoms with Gasteiger partial charge in [-0.1, -0.05) is 18.2 Å². The van der Waals surface area contributed by atoms with E-state index in [1.165, 1.54) is 6.07 Å². The van der Waals surface area contributed by atoms with Crippen molar-refractivity contribution in [2.75, 3.05) is 33.4 Å². The van der Waals surface area contributed by atoms with Crippen molar-refractivity contribution in [3.63, 3.8) is 0 Å². The van der Waals surface area contributed by atoms with Crippen molar-refractivity contribution in [1.82, 2.24) is 4.90 Å². The van der Waals surface area contributed by atoms with Crippen LogP contribution in [0.5, 0.6) is 0 Å². The molecule has 20 heavy (non-hydrogen) atoms. The van der Waals surface area contributed by atoms with Gasteiger partial charge in [-0.25, -0.2) is 4.39 Å². The zero-order valence-electron chi connectivity index (χ0n) is 12.0. The summed E-state index contributed by atoms with van der Waals surface area (Å²) < 4.78 is 18.6. The predicted molar refractivity (Wildman–Crippen MR) is 76.2 cm³/mol. The summed E-state index contributed by atoms with van der Waals surface area (Å²) in [6.07, 6.45) is 2.33. The van der Waals surface area contributed by atoms with Crippen LogP contribution in [0.3, 0.4) is 0 Å². The Labute approximate surface area is 119 Å². The van der Waals surface area contributed by atoms with Crippen molar-refractivity contribution >= 4 is 5.78 Å². The van der Waals surface area contributed by atoms with Gasteiger partial charge in [0.2, 0.25) is 0 Å². The van der Waals surface area contributed by atoms with E-state index in [4.69, 9.17) is 4.74 Å². The number of rotatable bonds is 6. The molecule has 1 heterocycles. The van der Waals surface area contributed by atoms with Gasteiger partial charge in [-0.05, 0) is 43.5 Å². The van der Waals surface area contributed by atoms with Gasteiger partial charge in [-0.2, -0.15) is 0 Å². The van der Waals surface area contributed by atoms with Crippen LogP contribution in [-0.4, -0.2) is 44.0 Å². The topological polar surface area (TPSA) is 29.5 Å². The molecule has 0 amide bonds. The summed E-state index contributed by atoms with van der Waals surface area (Å²) in [7, 11) is 1.73. The second-order valence-electron chi connectivity index (χ2n) is 5.48. The van der Waals surface area contributed by atoms with E-state index in [0.717, 1.165) is 32.5 Å². The van der Waals surface area contributed by atoms with Gasteiger partial charge in [-0.3, -0.25) is 9.69 Å². The molecule has 0 bridgehead atoms. The number of carbonyl (C=O) groups excluding carboxylic acids is 1. The number of carbonyl (C=O) groups is 1. The van der Waals surface area contributed by atoms with Crippen LogP contribution in [-0.2, 0) is 16.0 Å². The van der Waals surface area contributed by atoms with E-state index in [1.54, 1.807) is 25.3 Å². The fourth-order valence-electron chi connectivity index (χ4n) is 2.71. The van der Waals surface area contributed by atoms with Crippen molar-refractivity contribution in [3.8, 4) is 0 Å². The Morgan fingerprint density at radius 3 is 2.70 bits per heavy atom. The van der Waals surface area contributed by atoms with E-state index in [1.807, 2.05) is 0 Å². The van der Waals surface area contributed by atoms with E-state index in [9.17, 15) is 9.18 Å². The summed E-state index contributed by atoms with van der Waals surface area (Å²) in [4.78, 5) is 14.2. The molecule has 1 aromatic rings. The van der Waals surface area contributed by atoms with Crippen LogP contribution in [0.4, 0.5) is 4.39 Å². The molecule has 1 saturated heterocycles. The highest BCUT2D eigenvalue weighted by Crippen LogP contribution is 2.17. The summed E-state index contributed by atoms with van der Waals surface area (Å²) in [6, 6.07) is 6.49. The number of piperidine rings is 1. The van der Waals surface area contributed by atoms with Gasteiger partial charge in [0.25, 0.3) is 0 Å². The number of likely N-dealkylation sites (tertiary alicyclic amines) is 1. The molecule has 3 nitrogen and oxygen atoms in total. The monoisotopic (exact) mass is 279 g/mol. The molecule has 0 atom stereocenters. The molecule has 1 fully saturated rings. The zero-order chi connectivity index (χ0) is 14.4. The number of benzene rings is 1. The Hall–Kier alpha value is -1.26. The Bertz CT molecular complexity index is 442. The van der Waals surface area contributed by atoms with Crippen LogP contribution in [0, 0.1) is 11.7 Å². The van der Waals surface area contributed by atoms with Crippen LogP contribution in [0.25, 0.3) is 0 Å². The first-order chi connectivity index (χ1) is 9.69. The summed E-state index contributed by atoms with van der Waals surface area (Å²) in [5, 5.41) is 0. The summed E-state index contributed by atoms with van der Waals surface area (Å²) in [5.41, 5.74) is 0.492. The third-order valence-electron chi connectivity index (χ3n) is 3.85. The average molecular weight is 279 g/mol. The highest BCUT2D eigenvalue weighted by Gasteiger charge is 2.21. The number of hydrogen-bond acceptors (Lipinski definition) is 3. The van der Waals surface area contributed by atoms with Crippen LogP contribution < -0.4 is 0 Å². The molecule has 110 valence electrons. The molecule has 0 radical (unpaired) electrons. The highest BCUT2D eigenvalue weighted by molar-refractivity contribution is 5.82. The van der Waals surface area contributed by atoms with Gasteiger partial charge in [0.15, 0.2) is 5.78 Å². The lowest BCUT2D eigenvalue weighted by Crippen LogP contribution is -2.38. The SMILES string of the molecule is COCC1CCN(CC(=O)Cc2ccccc2F)CC1. The predicted octanol–water partition coefficient (Wildman–Crippen LogP) is 2.30. The first kappa shape index (κ1) is 15.1. The lowest BCUT2D eigenvalue weighted by atomic mass is 9.97. The van der Waals surface area contributed by atoms with Crippen molar-refractivity contribution < 1.29 is 13.9 Å². The molecule has 0 N–H and O–H groups in total. The minimum absolute atomic E-state index is 0.0836. The molecule has 0 unspecified atom stereocenters. The van der Waals surface area contributed by atoms with E-state index in [0.29, 0.717) is 18.0 Å². The largest absolute Gasteiger partial charge is 0.384 e. The minimum atomic E-state index is -0.292. The highest BCUT2D eigenvalue weighted by atomic mass is 19.1. The van der Waals surface area contributed by atoms with Gasteiger partial charge in [-0.15, -0.1) is 0 Å². The number of nitrogens with zero attached hydrogens (tertiary/aromatic N) is 1. The maximum atomic E-state index is 13.5. The Balaban J connectivity index is 1.77. The van der Waals surface area contributed by atoms with Crippen LogP contribution >= 0.6 is 0 Å². The minimum Gasteiger partial charge on any atom is -0.384 e. The number of halogens is 1. The van der Waals surface area contributed by atoms with E-state index in [2.05, 4.69) is 4.90 Å². The van der Waals surface area contributed by atoms with Crippen LogP contribution in [0.2, 0.25) is 0 Å². The number of ketones is 1. The third kappa shape index (κ3) is 4.39. The maximum absolute atomic E-state index is 13.5. The standard InChI is InChI=1S/C16H22FNO2/c1-20-12-13-6-8-18(9-7-13)11-15(19)10-14-4-2-3-5-16(14)17/h2-5,13H,6-12H2,1H3. The molecule has 0 aliphatic carbocycles. The third-order valence-corrected chi connectivity index (χ3v) is 3.85. The molecule has 0 aromatic heterocycles. The van der Waals surface area contributed by atoms with E-state index in [-0.39, 0.29) is 18.0 Å². The Morgan fingerprint density at radius 1 is 1.35 bits per heavy atom. The van der Waals surface area contributed by atoms with Crippen molar-refractivity contribution in [2.45, 2.75) is 19.3 Å². The number of Topliss-reactive ketones (excluding diaryl/α,β-unsaturated/α-hetero) is 1. The quantitative estimate of drug-likeness (QED) is 0.800. The average Bonchev–Trinajstić information content (AvgIpc) is 2.44. The van der Waals surface area contributed by atoms with Gasteiger partial charge in [0.1, 0.15) is 5.82 Å². The van der Waals surface area contributed by atoms with E-state index < -0.39 is 0 Å². The molecule has 0 saturated carbocycles. The second-order valence-corrected chi connectivity index (χ2v) is 5.48. The molecule has 1 aliphatic heterocycles. The Morgan fingerprint density at radius 2 is 2.05 bits per heavy atom. The van der Waals surface area contributed by atoms with E-state index >= 15 is 0 Å². The number of ether oxygens (including phenoxy) is 1. The summed E-state index contributed by atoms with van der Waals surface area (Å²) in [6.45, 7) is 3.08. The lowest BCUT2D eigenvalue weighted by molar-refractivity contribution is -0.120. The lowest BCUT2D eigenvalue weighted by Gasteiger charge is -2.31. The molecule has 1 aromatic carbocycles.